The molecule has 1 aromatic rings. The Balaban J connectivity index is 0.00000341. The lowest BCUT2D eigenvalue weighted by Gasteiger charge is -2.45. The number of benzene rings is 1. The highest BCUT2D eigenvalue weighted by Crippen LogP contribution is 2.30. The van der Waals surface area contributed by atoms with Gasteiger partial charge in [0.15, 0.2) is 5.96 Å². The smallest absolute Gasteiger partial charge is 0.253 e. The monoisotopic (exact) mass is 543 g/mol. The number of aliphatic imine (C=N–C) groups is 1. The molecular formula is C23H38IN5O2. The largest absolute Gasteiger partial charge is 0.381 e. The van der Waals surface area contributed by atoms with E-state index >= 15 is 0 Å². The molecule has 0 spiro atoms. The Morgan fingerprint density at radius 1 is 1.13 bits per heavy atom. The molecule has 7 nitrogen and oxygen atoms in total. The van der Waals surface area contributed by atoms with Crippen LogP contribution in [0.25, 0.3) is 0 Å². The third kappa shape index (κ3) is 7.05. The Hall–Kier alpha value is -1.39. The zero-order valence-corrected chi connectivity index (χ0v) is 21.5. The van der Waals surface area contributed by atoms with Gasteiger partial charge in [0.1, 0.15) is 0 Å². The summed E-state index contributed by atoms with van der Waals surface area (Å²) in [6.45, 7) is 8.42. The second-order valence-electron chi connectivity index (χ2n) is 8.48. The van der Waals surface area contributed by atoms with Gasteiger partial charge in [-0.05, 0) is 63.4 Å². The molecule has 31 heavy (non-hydrogen) atoms. The minimum atomic E-state index is 0. The van der Waals surface area contributed by atoms with Crippen molar-refractivity contribution in [1.82, 2.24) is 20.4 Å². The lowest BCUT2D eigenvalue weighted by molar-refractivity contribution is -0.0164. The van der Waals surface area contributed by atoms with Crippen molar-refractivity contribution in [1.29, 1.82) is 0 Å². The summed E-state index contributed by atoms with van der Waals surface area (Å²) >= 11 is 0. The number of hydrogen-bond acceptors (Lipinski definition) is 4. The number of halogens is 1. The number of nitrogens with one attached hydrogen (secondary N) is 2. The number of ether oxygens (including phenoxy) is 1. The number of carbonyl (C=O) groups excluding carboxylic acids is 1. The zero-order valence-electron chi connectivity index (χ0n) is 19.2. The van der Waals surface area contributed by atoms with Crippen molar-refractivity contribution in [2.24, 2.45) is 4.99 Å². The second-order valence-corrected chi connectivity index (χ2v) is 8.48. The molecule has 0 radical (unpaired) electrons. The zero-order chi connectivity index (χ0) is 21.4. The average Bonchev–Trinajstić information content (AvgIpc) is 3.32. The van der Waals surface area contributed by atoms with Crippen LogP contribution < -0.4 is 10.6 Å². The van der Waals surface area contributed by atoms with E-state index < -0.39 is 0 Å². The lowest BCUT2D eigenvalue weighted by Crippen LogP contribution is -2.58. The first kappa shape index (κ1) is 25.9. The Morgan fingerprint density at radius 2 is 1.77 bits per heavy atom. The Morgan fingerprint density at radius 3 is 2.35 bits per heavy atom. The van der Waals surface area contributed by atoms with E-state index in [1.54, 1.807) is 19.0 Å². The van der Waals surface area contributed by atoms with Crippen molar-refractivity contribution >= 4 is 35.8 Å². The van der Waals surface area contributed by atoms with E-state index in [0.29, 0.717) is 12.1 Å². The second kappa shape index (κ2) is 12.6. The van der Waals surface area contributed by atoms with E-state index in [2.05, 4.69) is 22.5 Å². The number of hydrogen-bond donors (Lipinski definition) is 2. The van der Waals surface area contributed by atoms with Crippen LogP contribution >= 0.6 is 24.0 Å². The van der Waals surface area contributed by atoms with Gasteiger partial charge in [0.25, 0.3) is 5.91 Å². The van der Waals surface area contributed by atoms with E-state index in [0.717, 1.165) is 50.7 Å². The van der Waals surface area contributed by atoms with Crippen LogP contribution in [0.4, 0.5) is 0 Å². The maximum Gasteiger partial charge on any atom is 0.253 e. The Kier molecular flexibility index (Phi) is 10.5. The first-order valence-corrected chi connectivity index (χ1v) is 11.2. The van der Waals surface area contributed by atoms with Crippen LogP contribution in [-0.4, -0.2) is 80.7 Å². The first-order valence-electron chi connectivity index (χ1n) is 11.2. The van der Waals surface area contributed by atoms with Gasteiger partial charge in [-0.25, -0.2) is 4.99 Å². The molecule has 0 atom stereocenters. The fourth-order valence-electron chi connectivity index (χ4n) is 4.32. The molecule has 0 bridgehead atoms. The summed E-state index contributed by atoms with van der Waals surface area (Å²) in [6.07, 6.45) is 4.73. The standard InChI is InChI=1S/C23H37N5O2.HI/c1-4-24-22(25-17-19-7-9-20(10-8-19)21(29)27(2)3)26-18-23(11-15-30-16-12-23)28-13-5-6-14-28;/h7-10H,4-6,11-18H2,1-3H3,(H2,24,25,26);1H. The van der Waals surface area contributed by atoms with Crippen LogP contribution in [0.5, 0.6) is 0 Å². The van der Waals surface area contributed by atoms with Crippen LogP contribution in [0.2, 0.25) is 0 Å². The third-order valence-corrected chi connectivity index (χ3v) is 6.16. The summed E-state index contributed by atoms with van der Waals surface area (Å²) in [5.41, 5.74) is 1.95. The number of carbonyl (C=O) groups is 1. The van der Waals surface area contributed by atoms with Crippen molar-refractivity contribution in [3.05, 3.63) is 35.4 Å². The predicted molar refractivity (Wildman–Crippen MR) is 136 cm³/mol. The molecule has 8 heteroatoms. The lowest BCUT2D eigenvalue weighted by atomic mass is 9.88. The highest BCUT2D eigenvalue weighted by atomic mass is 127. The van der Waals surface area contributed by atoms with Gasteiger partial charge in [-0.2, -0.15) is 0 Å². The van der Waals surface area contributed by atoms with Crippen LogP contribution in [0.3, 0.4) is 0 Å². The third-order valence-electron chi connectivity index (χ3n) is 6.16. The van der Waals surface area contributed by atoms with Crippen molar-refractivity contribution in [3.63, 3.8) is 0 Å². The molecule has 0 saturated carbocycles. The quantitative estimate of drug-likeness (QED) is 0.315. The fourth-order valence-corrected chi connectivity index (χ4v) is 4.32. The van der Waals surface area contributed by atoms with E-state index in [1.165, 1.54) is 25.9 Å². The van der Waals surface area contributed by atoms with Gasteiger partial charge < -0.3 is 20.3 Å². The van der Waals surface area contributed by atoms with Crippen molar-refractivity contribution in [3.8, 4) is 0 Å². The summed E-state index contributed by atoms with van der Waals surface area (Å²) in [6, 6.07) is 7.71. The summed E-state index contributed by atoms with van der Waals surface area (Å²) in [7, 11) is 3.53. The molecule has 2 aliphatic heterocycles. The molecule has 2 aliphatic rings. The highest BCUT2D eigenvalue weighted by Gasteiger charge is 2.39. The molecule has 0 aliphatic carbocycles. The van der Waals surface area contributed by atoms with E-state index in [4.69, 9.17) is 9.73 Å². The SMILES string of the molecule is CCNC(=NCc1ccc(C(=O)N(C)C)cc1)NCC1(N2CCCC2)CCOCC1.I. The highest BCUT2D eigenvalue weighted by molar-refractivity contribution is 14.0. The van der Waals surface area contributed by atoms with E-state index in [1.807, 2.05) is 24.3 Å². The summed E-state index contributed by atoms with van der Waals surface area (Å²) in [4.78, 5) is 21.1. The maximum atomic E-state index is 12.0. The van der Waals surface area contributed by atoms with Gasteiger partial charge in [0.2, 0.25) is 0 Å². The number of amides is 1. The molecular weight excluding hydrogens is 505 g/mol. The van der Waals surface area contributed by atoms with Gasteiger partial charge in [0, 0.05) is 51.5 Å². The van der Waals surface area contributed by atoms with Crippen molar-refractivity contribution in [2.75, 3.05) is 53.5 Å². The summed E-state index contributed by atoms with van der Waals surface area (Å²) < 4.78 is 5.66. The summed E-state index contributed by atoms with van der Waals surface area (Å²) in [5.74, 6) is 0.861. The van der Waals surface area contributed by atoms with Gasteiger partial charge >= 0.3 is 0 Å². The molecule has 0 aromatic heterocycles. The molecule has 1 amide bonds. The minimum absolute atomic E-state index is 0. The number of rotatable bonds is 7. The maximum absolute atomic E-state index is 12.0. The van der Waals surface area contributed by atoms with Crippen LogP contribution in [-0.2, 0) is 11.3 Å². The van der Waals surface area contributed by atoms with Gasteiger partial charge in [-0.15, -0.1) is 24.0 Å². The minimum Gasteiger partial charge on any atom is -0.381 e. The van der Waals surface area contributed by atoms with Crippen LogP contribution in [0, 0.1) is 0 Å². The predicted octanol–water partition coefficient (Wildman–Crippen LogP) is 2.71. The molecule has 2 heterocycles. The van der Waals surface area contributed by atoms with Crippen molar-refractivity contribution < 1.29 is 9.53 Å². The van der Waals surface area contributed by atoms with E-state index in [9.17, 15) is 4.79 Å². The molecule has 1 aromatic carbocycles. The van der Waals surface area contributed by atoms with Crippen LogP contribution in [0.1, 0.15) is 48.5 Å². The fraction of sp³-hybridized carbons (Fsp3) is 0.652. The van der Waals surface area contributed by atoms with Crippen molar-refractivity contribution in [2.45, 2.75) is 44.7 Å². The number of likely N-dealkylation sites (tertiary alicyclic amines) is 1. The van der Waals surface area contributed by atoms with Gasteiger partial charge in [-0.3, -0.25) is 9.69 Å². The Labute approximate surface area is 204 Å². The van der Waals surface area contributed by atoms with Gasteiger partial charge in [-0.1, -0.05) is 12.1 Å². The number of guanidine groups is 1. The Bertz CT molecular complexity index is 711. The van der Waals surface area contributed by atoms with Gasteiger partial charge in [0.05, 0.1) is 6.54 Å². The molecule has 174 valence electrons. The van der Waals surface area contributed by atoms with E-state index in [-0.39, 0.29) is 35.4 Å². The molecule has 2 saturated heterocycles. The molecule has 2 N–H and O–H groups in total. The number of nitrogens with zero attached hydrogens (tertiary/aromatic N) is 3. The normalized spacial score (nSPS) is 18.9. The first-order chi connectivity index (χ1) is 14.5. The molecule has 0 unspecified atom stereocenters. The topological polar surface area (TPSA) is 69.2 Å². The average molecular weight is 543 g/mol. The van der Waals surface area contributed by atoms with Crippen LogP contribution in [0.15, 0.2) is 29.3 Å². The molecule has 2 fully saturated rings. The summed E-state index contributed by atoms with van der Waals surface area (Å²) in [5, 5.41) is 6.98. The molecule has 3 rings (SSSR count).